The first kappa shape index (κ1) is 22.1. The van der Waals surface area contributed by atoms with E-state index < -0.39 is 47.6 Å². The molecule has 1 heterocycles. The average Bonchev–Trinajstić information content (AvgIpc) is 3.08. The summed E-state index contributed by atoms with van der Waals surface area (Å²) in [6.45, 7) is -0.213. The molecular weight excluding hydrogens is 420 g/mol. The fraction of sp³-hybridized carbons (Fsp3) is 0.300. The molecule has 3 rings (SSSR count). The molecule has 0 saturated carbocycles. The Morgan fingerprint density at radius 3 is 2.42 bits per heavy atom. The van der Waals surface area contributed by atoms with E-state index in [1.807, 2.05) is 0 Å². The number of cyclic esters (lactones) is 1. The monoisotopic (exact) mass is 436 g/mol. The largest absolute Gasteiger partial charge is 0.447 e. The molecule has 0 radical (unpaired) electrons. The Morgan fingerprint density at radius 1 is 1.19 bits per heavy atom. The Balaban J connectivity index is 1.97. The Hall–Kier alpha value is -3.59. The predicted octanol–water partition coefficient (Wildman–Crippen LogP) is 4.74. The van der Waals surface area contributed by atoms with Crippen LogP contribution in [0.1, 0.15) is 17.0 Å². The molecule has 0 aliphatic carbocycles. The van der Waals surface area contributed by atoms with Crippen LogP contribution in [0.3, 0.4) is 0 Å². The van der Waals surface area contributed by atoms with Gasteiger partial charge in [0.25, 0.3) is 0 Å². The lowest BCUT2D eigenvalue weighted by molar-refractivity contribution is -0.163. The van der Waals surface area contributed by atoms with E-state index >= 15 is 0 Å². The molecule has 0 spiro atoms. The molecule has 2 amide bonds. The van der Waals surface area contributed by atoms with E-state index in [-0.39, 0.29) is 13.0 Å². The van der Waals surface area contributed by atoms with Gasteiger partial charge in [-0.15, -0.1) is 0 Å². The van der Waals surface area contributed by atoms with Crippen LogP contribution in [-0.2, 0) is 16.0 Å². The molecule has 0 bridgehead atoms. The van der Waals surface area contributed by atoms with E-state index in [2.05, 4.69) is 10.0 Å². The summed E-state index contributed by atoms with van der Waals surface area (Å²) in [4.78, 5) is 28.2. The highest BCUT2D eigenvalue weighted by atomic mass is 19.4. The summed E-state index contributed by atoms with van der Waals surface area (Å²) >= 11 is 0. The number of ether oxygens (including phenoxy) is 1. The minimum atomic E-state index is -5.02. The Kier molecular flexibility index (Phi) is 6.45. The van der Waals surface area contributed by atoms with Gasteiger partial charge in [0.2, 0.25) is 5.91 Å². The highest BCUT2D eigenvalue weighted by Gasteiger charge is 2.52. The van der Waals surface area contributed by atoms with E-state index in [9.17, 15) is 27.2 Å². The first-order valence-electron chi connectivity index (χ1n) is 9.12. The summed E-state index contributed by atoms with van der Waals surface area (Å²) in [5, 5.41) is 3.08. The van der Waals surface area contributed by atoms with E-state index in [1.165, 1.54) is 0 Å². The van der Waals surface area contributed by atoms with Crippen LogP contribution in [0, 0.1) is 5.82 Å². The molecule has 7 nitrogen and oxygen atoms in total. The van der Waals surface area contributed by atoms with E-state index in [4.69, 9.17) is 10.3 Å². The Bertz CT molecular complexity index is 992. The van der Waals surface area contributed by atoms with Crippen LogP contribution in [0.25, 0.3) is 10.4 Å². The number of carbonyl (C=O) groups excluding carboxylic acids is 2. The molecule has 2 aromatic rings. The molecule has 11 heteroatoms. The van der Waals surface area contributed by atoms with Crippen LogP contribution in [0.15, 0.2) is 59.7 Å². The van der Waals surface area contributed by atoms with Crippen molar-refractivity contribution in [2.75, 3.05) is 6.61 Å². The van der Waals surface area contributed by atoms with Crippen molar-refractivity contribution in [3.63, 3.8) is 0 Å². The van der Waals surface area contributed by atoms with Gasteiger partial charge in [0.05, 0.1) is 12.0 Å². The van der Waals surface area contributed by atoms with Gasteiger partial charge in [-0.1, -0.05) is 47.6 Å². The first-order valence-corrected chi connectivity index (χ1v) is 9.12. The topological polar surface area (TPSA) is 95.4 Å². The van der Waals surface area contributed by atoms with Crippen molar-refractivity contribution >= 4 is 12.0 Å². The normalized spacial score (nSPS) is 18.1. The fourth-order valence-electron chi connectivity index (χ4n) is 3.44. The molecule has 0 aromatic heterocycles. The lowest BCUT2D eigenvalue weighted by Gasteiger charge is -2.29. The number of halogens is 4. The minimum Gasteiger partial charge on any atom is -0.447 e. The summed E-state index contributed by atoms with van der Waals surface area (Å²) in [5.74, 6) is -4.70. The lowest BCUT2D eigenvalue weighted by atomic mass is 9.90. The van der Waals surface area contributed by atoms with E-state index in [0.717, 1.165) is 29.8 Å². The second-order valence-corrected chi connectivity index (χ2v) is 6.85. The zero-order valence-electron chi connectivity index (χ0n) is 15.9. The third-order valence-corrected chi connectivity index (χ3v) is 4.84. The number of nitrogens with zero attached hydrogens (tertiary/aromatic N) is 4. The molecular formula is C20H16F4N4O3. The number of imide groups is 1. The third-order valence-electron chi connectivity index (χ3n) is 4.84. The van der Waals surface area contributed by atoms with Crippen molar-refractivity contribution in [3.05, 3.63) is 82.0 Å². The van der Waals surface area contributed by atoms with Crippen molar-refractivity contribution < 1.29 is 31.9 Å². The maximum Gasteiger partial charge on any atom is 0.416 e. The van der Waals surface area contributed by atoms with Crippen LogP contribution >= 0.6 is 0 Å². The summed E-state index contributed by atoms with van der Waals surface area (Å²) in [6, 6.07) is 8.79. The molecule has 1 fully saturated rings. The standard InChI is InChI=1S/C20H16F4N4O3/c21-14-8-6-13(7-9-14)16(20(22,23)24)17(26-27-25)18(29)28-15(11-31-19(28)30)10-12-4-2-1-3-5-12/h1-9,15-17H,10-11H2/t15-,16?,17-/m0/s1. The highest BCUT2D eigenvalue weighted by Crippen LogP contribution is 2.40. The number of alkyl halides is 3. The van der Waals surface area contributed by atoms with Crippen molar-refractivity contribution in [1.82, 2.24) is 4.90 Å². The summed E-state index contributed by atoms with van der Waals surface area (Å²) in [6.07, 6.45) is -6.00. The van der Waals surface area contributed by atoms with Crippen LogP contribution in [0.5, 0.6) is 0 Å². The van der Waals surface area contributed by atoms with Gasteiger partial charge in [-0.05, 0) is 35.2 Å². The SMILES string of the molecule is [N-]=[N+]=N[C@H](C(=O)N1C(=O)OC[C@@H]1Cc1ccccc1)C(c1ccc(F)cc1)C(F)(F)F. The molecule has 1 saturated heterocycles. The van der Waals surface area contributed by atoms with Gasteiger partial charge in [-0.3, -0.25) is 4.79 Å². The number of benzene rings is 2. The number of carbonyl (C=O) groups is 2. The van der Waals surface area contributed by atoms with Crippen molar-refractivity contribution in [3.8, 4) is 0 Å². The lowest BCUT2D eigenvalue weighted by Crippen LogP contribution is -2.49. The molecule has 0 N–H and O–H groups in total. The zero-order valence-corrected chi connectivity index (χ0v) is 15.9. The second kappa shape index (κ2) is 9.05. The number of rotatable bonds is 6. The van der Waals surface area contributed by atoms with Gasteiger partial charge in [-0.25, -0.2) is 14.1 Å². The van der Waals surface area contributed by atoms with Crippen LogP contribution in [-0.4, -0.2) is 41.8 Å². The Morgan fingerprint density at radius 2 is 1.84 bits per heavy atom. The van der Waals surface area contributed by atoms with Crippen LogP contribution < -0.4 is 0 Å². The van der Waals surface area contributed by atoms with Gasteiger partial charge in [0.1, 0.15) is 18.5 Å². The van der Waals surface area contributed by atoms with Crippen molar-refractivity contribution in [2.45, 2.75) is 30.6 Å². The average molecular weight is 436 g/mol. The predicted molar refractivity (Wildman–Crippen MR) is 100 cm³/mol. The molecule has 3 atom stereocenters. The molecule has 1 unspecified atom stereocenters. The third kappa shape index (κ3) is 4.95. The number of amides is 2. The quantitative estimate of drug-likeness (QED) is 0.283. The van der Waals surface area contributed by atoms with Gasteiger partial charge in [-0.2, -0.15) is 13.2 Å². The Labute approximate surface area is 173 Å². The van der Waals surface area contributed by atoms with Crippen molar-refractivity contribution in [2.24, 2.45) is 5.11 Å². The zero-order chi connectivity index (χ0) is 22.6. The number of hydrogen-bond donors (Lipinski definition) is 0. The van der Waals surface area contributed by atoms with E-state index in [0.29, 0.717) is 4.90 Å². The highest BCUT2D eigenvalue weighted by molar-refractivity contribution is 5.97. The first-order chi connectivity index (χ1) is 14.7. The summed E-state index contributed by atoms with van der Waals surface area (Å²) in [5.41, 5.74) is 9.10. The molecule has 2 aromatic carbocycles. The number of hydrogen-bond acceptors (Lipinski definition) is 4. The summed E-state index contributed by atoms with van der Waals surface area (Å²) < 4.78 is 59.8. The van der Waals surface area contributed by atoms with Gasteiger partial charge in [0, 0.05) is 4.91 Å². The van der Waals surface area contributed by atoms with Gasteiger partial charge in [0.15, 0.2) is 0 Å². The molecule has 1 aliphatic heterocycles. The maximum absolute atomic E-state index is 13.9. The van der Waals surface area contributed by atoms with Crippen LogP contribution in [0.2, 0.25) is 0 Å². The smallest absolute Gasteiger partial charge is 0.416 e. The fourth-order valence-corrected chi connectivity index (χ4v) is 3.44. The van der Waals surface area contributed by atoms with Crippen LogP contribution in [0.4, 0.5) is 22.4 Å². The molecule has 31 heavy (non-hydrogen) atoms. The maximum atomic E-state index is 13.9. The second-order valence-electron chi connectivity index (χ2n) is 6.85. The van der Waals surface area contributed by atoms with Gasteiger partial charge < -0.3 is 4.74 Å². The number of azide groups is 1. The molecule has 1 aliphatic rings. The summed E-state index contributed by atoms with van der Waals surface area (Å²) in [7, 11) is 0. The van der Waals surface area contributed by atoms with Gasteiger partial charge >= 0.3 is 12.3 Å². The van der Waals surface area contributed by atoms with E-state index in [1.54, 1.807) is 30.3 Å². The van der Waals surface area contributed by atoms with Crippen molar-refractivity contribution in [1.29, 1.82) is 0 Å². The minimum absolute atomic E-state index is 0.147. The molecule has 162 valence electrons.